The van der Waals surface area contributed by atoms with Crippen molar-refractivity contribution in [2.45, 2.75) is 32.8 Å². The van der Waals surface area contributed by atoms with Gasteiger partial charge in [0.1, 0.15) is 12.0 Å². The van der Waals surface area contributed by atoms with Crippen LogP contribution in [-0.4, -0.2) is 24.1 Å². The van der Waals surface area contributed by atoms with E-state index in [0.29, 0.717) is 18.6 Å². The Morgan fingerprint density at radius 2 is 2.05 bits per heavy atom. The van der Waals surface area contributed by atoms with Crippen LogP contribution < -0.4 is 4.74 Å². The lowest BCUT2D eigenvalue weighted by molar-refractivity contribution is 0.112. The van der Waals surface area contributed by atoms with Crippen LogP contribution in [0.4, 0.5) is 0 Å². The predicted octanol–water partition coefficient (Wildman–Crippen LogP) is 3.88. The highest BCUT2D eigenvalue weighted by Gasteiger charge is 2.09. The van der Waals surface area contributed by atoms with Crippen LogP contribution in [0.15, 0.2) is 42.5 Å². The second-order valence-electron chi connectivity index (χ2n) is 5.41. The molecule has 3 heteroatoms. The minimum atomic E-state index is -0.378. The van der Waals surface area contributed by atoms with Gasteiger partial charge in [-0.05, 0) is 42.7 Å². The van der Waals surface area contributed by atoms with Crippen molar-refractivity contribution in [1.29, 1.82) is 0 Å². The molecule has 0 radical (unpaired) electrons. The van der Waals surface area contributed by atoms with Crippen molar-refractivity contribution >= 4 is 6.29 Å². The molecule has 116 valence electrons. The summed E-state index contributed by atoms with van der Waals surface area (Å²) in [5.74, 6) is 0.779. The minimum Gasteiger partial charge on any atom is -0.493 e. The molecule has 0 amide bonds. The Bertz CT molecular complexity index is 632. The standard InChI is InChI=1S/C19H22O3/c1-3-15-7-8-19(22-10-9-14(2)21)18(12-15)17-6-4-5-16(11-17)13-20/h4-8,11-14,21H,3,9-10H2,1-2H3. The average molecular weight is 298 g/mol. The highest BCUT2D eigenvalue weighted by molar-refractivity contribution is 5.80. The predicted molar refractivity (Wildman–Crippen MR) is 88.4 cm³/mol. The maximum atomic E-state index is 11.0. The molecule has 0 spiro atoms. The fourth-order valence-corrected chi connectivity index (χ4v) is 2.27. The summed E-state index contributed by atoms with van der Waals surface area (Å²) in [6, 6.07) is 13.6. The number of hydrogen-bond acceptors (Lipinski definition) is 3. The number of ether oxygens (including phenoxy) is 1. The van der Waals surface area contributed by atoms with Gasteiger partial charge in [-0.1, -0.05) is 31.2 Å². The number of aliphatic hydroxyl groups excluding tert-OH is 1. The molecule has 0 aliphatic carbocycles. The zero-order chi connectivity index (χ0) is 15.9. The molecule has 1 unspecified atom stereocenters. The second-order valence-corrected chi connectivity index (χ2v) is 5.41. The second kappa shape index (κ2) is 7.76. The molecule has 0 aliphatic heterocycles. The van der Waals surface area contributed by atoms with Gasteiger partial charge in [0, 0.05) is 17.5 Å². The minimum absolute atomic E-state index is 0.378. The van der Waals surface area contributed by atoms with Crippen LogP contribution in [0.25, 0.3) is 11.1 Å². The lowest BCUT2D eigenvalue weighted by Gasteiger charge is -2.14. The van der Waals surface area contributed by atoms with Crippen LogP contribution in [0.2, 0.25) is 0 Å². The highest BCUT2D eigenvalue weighted by Crippen LogP contribution is 2.32. The lowest BCUT2D eigenvalue weighted by Crippen LogP contribution is -2.08. The van der Waals surface area contributed by atoms with Gasteiger partial charge in [-0.15, -0.1) is 0 Å². The number of hydrogen-bond donors (Lipinski definition) is 1. The molecule has 0 fully saturated rings. The first-order valence-corrected chi connectivity index (χ1v) is 7.63. The number of carbonyl (C=O) groups is 1. The van der Waals surface area contributed by atoms with E-state index < -0.39 is 0 Å². The summed E-state index contributed by atoms with van der Waals surface area (Å²) in [6.45, 7) is 4.32. The zero-order valence-corrected chi connectivity index (χ0v) is 13.1. The third-order valence-corrected chi connectivity index (χ3v) is 3.58. The van der Waals surface area contributed by atoms with Gasteiger partial charge < -0.3 is 9.84 Å². The third kappa shape index (κ3) is 4.18. The Morgan fingerprint density at radius 1 is 1.23 bits per heavy atom. The van der Waals surface area contributed by atoms with Gasteiger partial charge in [0.2, 0.25) is 0 Å². The summed E-state index contributed by atoms with van der Waals surface area (Å²) in [5, 5.41) is 9.35. The summed E-state index contributed by atoms with van der Waals surface area (Å²) in [6.07, 6.45) is 2.00. The Labute approximate surface area is 131 Å². The molecule has 1 N–H and O–H groups in total. The van der Waals surface area contributed by atoms with Crippen molar-refractivity contribution in [2.24, 2.45) is 0 Å². The molecule has 22 heavy (non-hydrogen) atoms. The maximum absolute atomic E-state index is 11.0. The van der Waals surface area contributed by atoms with Gasteiger partial charge in [-0.2, -0.15) is 0 Å². The fourth-order valence-electron chi connectivity index (χ4n) is 2.27. The van der Waals surface area contributed by atoms with Gasteiger partial charge in [-0.25, -0.2) is 0 Å². The van der Waals surface area contributed by atoms with Gasteiger partial charge >= 0.3 is 0 Å². The van der Waals surface area contributed by atoms with Crippen LogP contribution in [0.1, 0.15) is 36.2 Å². The Balaban J connectivity index is 2.35. The zero-order valence-electron chi connectivity index (χ0n) is 13.1. The molecule has 0 aliphatic rings. The quantitative estimate of drug-likeness (QED) is 0.789. The van der Waals surface area contributed by atoms with E-state index in [1.165, 1.54) is 5.56 Å². The summed E-state index contributed by atoms with van der Waals surface area (Å²) < 4.78 is 5.83. The van der Waals surface area contributed by atoms with Gasteiger partial charge in [0.25, 0.3) is 0 Å². The van der Waals surface area contributed by atoms with Crippen molar-refractivity contribution in [1.82, 2.24) is 0 Å². The van der Waals surface area contributed by atoms with E-state index in [-0.39, 0.29) is 6.10 Å². The molecule has 2 aromatic carbocycles. The van der Waals surface area contributed by atoms with Crippen molar-refractivity contribution in [3.8, 4) is 16.9 Å². The molecule has 2 rings (SSSR count). The molecule has 1 atom stereocenters. The van der Waals surface area contributed by atoms with E-state index >= 15 is 0 Å². The summed E-state index contributed by atoms with van der Waals surface area (Å²) in [7, 11) is 0. The highest BCUT2D eigenvalue weighted by atomic mass is 16.5. The first-order valence-electron chi connectivity index (χ1n) is 7.63. The first-order chi connectivity index (χ1) is 10.6. The number of aryl methyl sites for hydroxylation is 1. The Morgan fingerprint density at radius 3 is 2.73 bits per heavy atom. The number of aliphatic hydroxyl groups is 1. The molecule has 0 saturated heterocycles. The van der Waals surface area contributed by atoms with E-state index in [2.05, 4.69) is 13.0 Å². The Kier molecular flexibility index (Phi) is 5.73. The molecule has 0 aromatic heterocycles. The Hall–Kier alpha value is -2.13. The van der Waals surface area contributed by atoms with E-state index in [4.69, 9.17) is 4.74 Å². The topological polar surface area (TPSA) is 46.5 Å². The average Bonchev–Trinajstić information content (AvgIpc) is 2.54. The molecule has 2 aromatic rings. The number of aldehydes is 1. The molecule has 3 nitrogen and oxygen atoms in total. The van der Waals surface area contributed by atoms with Crippen LogP contribution in [0.5, 0.6) is 5.75 Å². The van der Waals surface area contributed by atoms with Crippen LogP contribution in [0.3, 0.4) is 0 Å². The smallest absolute Gasteiger partial charge is 0.150 e. The molecular weight excluding hydrogens is 276 g/mol. The van der Waals surface area contributed by atoms with Crippen LogP contribution >= 0.6 is 0 Å². The van der Waals surface area contributed by atoms with Crippen molar-refractivity contribution in [3.63, 3.8) is 0 Å². The van der Waals surface area contributed by atoms with Gasteiger partial charge in [0.15, 0.2) is 0 Å². The van der Waals surface area contributed by atoms with Crippen molar-refractivity contribution in [2.75, 3.05) is 6.61 Å². The summed E-state index contributed by atoms with van der Waals surface area (Å²) in [4.78, 5) is 11.0. The van der Waals surface area contributed by atoms with Gasteiger partial charge in [0.05, 0.1) is 12.7 Å². The molecular formula is C19H22O3. The van der Waals surface area contributed by atoms with Crippen LogP contribution in [0, 0.1) is 0 Å². The number of benzene rings is 2. The van der Waals surface area contributed by atoms with E-state index in [1.807, 2.05) is 30.3 Å². The summed E-state index contributed by atoms with van der Waals surface area (Å²) in [5.41, 5.74) is 3.81. The monoisotopic (exact) mass is 298 g/mol. The molecule has 0 bridgehead atoms. The van der Waals surface area contributed by atoms with Gasteiger partial charge in [-0.3, -0.25) is 4.79 Å². The largest absolute Gasteiger partial charge is 0.493 e. The van der Waals surface area contributed by atoms with Crippen LogP contribution in [-0.2, 0) is 6.42 Å². The maximum Gasteiger partial charge on any atom is 0.150 e. The normalized spacial score (nSPS) is 12.0. The van der Waals surface area contributed by atoms with E-state index in [9.17, 15) is 9.90 Å². The van der Waals surface area contributed by atoms with Crippen molar-refractivity contribution < 1.29 is 14.6 Å². The summed E-state index contributed by atoms with van der Waals surface area (Å²) >= 11 is 0. The van der Waals surface area contributed by atoms with Crippen molar-refractivity contribution in [3.05, 3.63) is 53.6 Å². The van der Waals surface area contributed by atoms with E-state index in [0.717, 1.165) is 29.6 Å². The molecule has 0 saturated carbocycles. The first kappa shape index (κ1) is 16.2. The fraction of sp³-hybridized carbons (Fsp3) is 0.316. The van der Waals surface area contributed by atoms with E-state index in [1.54, 1.807) is 13.0 Å². The SMILES string of the molecule is CCc1ccc(OCCC(C)O)c(-c2cccc(C=O)c2)c1. The number of carbonyl (C=O) groups excluding carboxylic acids is 1. The molecule has 0 heterocycles. The third-order valence-electron chi connectivity index (χ3n) is 3.58. The lowest BCUT2D eigenvalue weighted by atomic mass is 9.99. The number of rotatable bonds is 7.